The first kappa shape index (κ1) is 13.1. The standard InChI is InChI=1S/C17H20N2O/c20-17(14-7-3-1-4-8-14)16-10-9-15(18-16)13-19-11-5-2-6-12-19/h1,3-4,7-10,18H,2,5-6,11-13H2. The van der Waals surface area contributed by atoms with Crippen LogP contribution in [0.25, 0.3) is 0 Å². The number of H-pyrrole nitrogens is 1. The first-order valence-electron chi connectivity index (χ1n) is 7.33. The van der Waals surface area contributed by atoms with Crippen molar-refractivity contribution in [2.45, 2.75) is 25.8 Å². The number of hydrogen-bond donors (Lipinski definition) is 1. The van der Waals surface area contributed by atoms with Crippen LogP contribution in [0.4, 0.5) is 0 Å². The Morgan fingerprint density at radius 1 is 1.00 bits per heavy atom. The predicted octanol–water partition coefficient (Wildman–Crippen LogP) is 3.23. The van der Waals surface area contributed by atoms with E-state index < -0.39 is 0 Å². The smallest absolute Gasteiger partial charge is 0.209 e. The Morgan fingerprint density at radius 2 is 1.75 bits per heavy atom. The number of nitrogens with one attached hydrogen (secondary N) is 1. The fourth-order valence-corrected chi connectivity index (χ4v) is 2.77. The van der Waals surface area contributed by atoms with Gasteiger partial charge in [-0.3, -0.25) is 9.69 Å². The topological polar surface area (TPSA) is 36.1 Å². The third-order valence-electron chi connectivity index (χ3n) is 3.87. The highest BCUT2D eigenvalue weighted by atomic mass is 16.1. The molecule has 0 spiro atoms. The van der Waals surface area contributed by atoms with Crippen molar-refractivity contribution in [3.05, 3.63) is 59.4 Å². The summed E-state index contributed by atoms with van der Waals surface area (Å²) in [6, 6.07) is 13.4. The van der Waals surface area contributed by atoms with Crippen LogP contribution in [0, 0.1) is 0 Å². The second kappa shape index (κ2) is 6.06. The van der Waals surface area contributed by atoms with Gasteiger partial charge in [-0.1, -0.05) is 36.8 Å². The van der Waals surface area contributed by atoms with Crippen LogP contribution < -0.4 is 0 Å². The molecule has 1 aliphatic heterocycles. The maximum Gasteiger partial charge on any atom is 0.209 e. The Kier molecular flexibility index (Phi) is 3.97. The number of aromatic amines is 1. The van der Waals surface area contributed by atoms with Crippen molar-refractivity contribution in [1.29, 1.82) is 0 Å². The van der Waals surface area contributed by atoms with E-state index in [1.807, 2.05) is 42.5 Å². The Morgan fingerprint density at radius 3 is 2.50 bits per heavy atom. The van der Waals surface area contributed by atoms with Crippen molar-refractivity contribution in [2.24, 2.45) is 0 Å². The molecule has 104 valence electrons. The summed E-state index contributed by atoms with van der Waals surface area (Å²) in [5.74, 6) is 0.0653. The van der Waals surface area contributed by atoms with E-state index in [9.17, 15) is 4.79 Å². The van der Waals surface area contributed by atoms with Crippen LogP contribution in [0.5, 0.6) is 0 Å². The van der Waals surface area contributed by atoms with Gasteiger partial charge in [0.2, 0.25) is 5.78 Å². The SMILES string of the molecule is O=C(c1ccccc1)c1ccc(CN2CCCCC2)[nH]1. The van der Waals surface area contributed by atoms with Crippen LogP contribution in [0.2, 0.25) is 0 Å². The van der Waals surface area contributed by atoms with Gasteiger partial charge in [0, 0.05) is 17.8 Å². The zero-order chi connectivity index (χ0) is 13.8. The van der Waals surface area contributed by atoms with Gasteiger partial charge in [-0.2, -0.15) is 0 Å². The second-order valence-electron chi connectivity index (χ2n) is 5.43. The van der Waals surface area contributed by atoms with Crippen molar-refractivity contribution in [2.75, 3.05) is 13.1 Å². The monoisotopic (exact) mass is 268 g/mol. The molecule has 0 amide bonds. The van der Waals surface area contributed by atoms with Crippen LogP contribution in [0.1, 0.15) is 41.0 Å². The average molecular weight is 268 g/mol. The van der Waals surface area contributed by atoms with Crippen molar-refractivity contribution in [1.82, 2.24) is 9.88 Å². The largest absolute Gasteiger partial charge is 0.355 e. The van der Waals surface area contributed by atoms with E-state index in [2.05, 4.69) is 9.88 Å². The van der Waals surface area contributed by atoms with Crippen LogP contribution >= 0.6 is 0 Å². The molecule has 0 saturated carbocycles. The summed E-state index contributed by atoms with van der Waals surface area (Å²) < 4.78 is 0. The lowest BCUT2D eigenvalue weighted by Gasteiger charge is -2.25. The minimum Gasteiger partial charge on any atom is -0.355 e. The maximum atomic E-state index is 12.3. The minimum atomic E-state index is 0.0653. The Hall–Kier alpha value is -1.87. The summed E-state index contributed by atoms with van der Waals surface area (Å²) in [4.78, 5) is 18.0. The van der Waals surface area contributed by atoms with Crippen LogP contribution in [0.15, 0.2) is 42.5 Å². The molecule has 20 heavy (non-hydrogen) atoms. The predicted molar refractivity (Wildman–Crippen MR) is 79.8 cm³/mol. The lowest BCUT2D eigenvalue weighted by atomic mass is 10.1. The van der Waals surface area contributed by atoms with E-state index in [1.165, 1.54) is 32.4 Å². The van der Waals surface area contributed by atoms with Gasteiger partial charge < -0.3 is 4.98 Å². The molecule has 0 atom stereocenters. The Bertz CT molecular complexity index is 568. The normalized spacial score (nSPS) is 16.2. The Labute approximate surface area is 119 Å². The zero-order valence-corrected chi connectivity index (χ0v) is 11.6. The molecule has 2 aromatic rings. The van der Waals surface area contributed by atoms with E-state index in [0.29, 0.717) is 5.69 Å². The fraction of sp³-hybridized carbons (Fsp3) is 0.353. The number of carbonyl (C=O) groups excluding carboxylic acids is 1. The third-order valence-corrected chi connectivity index (χ3v) is 3.87. The molecule has 3 rings (SSSR count). The molecule has 1 aromatic heterocycles. The number of likely N-dealkylation sites (tertiary alicyclic amines) is 1. The quantitative estimate of drug-likeness (QED) is 0.864. The van der Waals surface area contributed by atoms with E-state index >= 15 is 0 Å². The summed E-state index contributed by atoms with van der Waals surface area (Å²) in [7, 11) is 0. The van der Waals surface area contributed by atoms with E-state index in [4.69, 9.17) is 0 Å². The number of nitrogens with zero attached hydrogens (tertiary/aromatic N) is 1. The van der Waals surface area contributed by atoms with Gasteiger partial charge in [0.05, 0.1) is 5.69 Å². The molecule has 1 aromatic carbocycles. The lowest BCUT2D eigenvalue weighted by molar-refractivity contribution is 0.103. The molecule has 0 bridgehead atoms. The van der Waals surface area contributed by atoms with Gasteiger partial charge in [-0.25, -0.2) is 0 Å². The van der Waals surface area contributed by atoms with E-state index in [-0.39, 0.29) is 5.78 Å². The van der Waals surface area contributed by atoms with Gasteiger partial charge in [0.1, 0.15) is 0 Å². The molecule has 2 heterocycles. The lowest BCUT2D eigenvalue weighted by Crippen LogP contribution is -2.29. The van der Waals surface area contributed by atoms with Crippen molar-refractivity contribution < 1.29 is 4.79 Å². The number of aromatic nitrogens is 1. The van der Waals surface area contributed by atoms with Crippen molar-refractivity contribution >= 4 is 5.78 Å². The first-order valence-corrected chi connectivity index (χ1v) is 7.33. The van der Waals surface area contributed by atoms with Crippen molar-refractivity contribution in [3.8, 4) is 0 Å². The number of rotatable bonds is 4. The maximum absolute atomic E-state index is 12.3. The molecular weight excluding hydrogens is 248 g/mol. The summed E-state index contributed by atoms with van der Waals surface area (Å²) in [6.45, 7) is 3.25. The van der Waals surface area contributed by atoms with Crippen LogP contribution in [0.3, 0.4) is 0 Å². The molecule has 1 aliphatic rings. The molecule has 3 heteroatoms. The molecular formula is C17H20N2O. The van der Waals surface area contributed by atoms with E-state index in [1.54, 1.807) is 0 Å². The van der Waals surface area contributed by atoms with Crippen LogP contribution in [-0.4, -0.2) is 28.8 Å². The highest BCUT2D eigenvalue weighted by Gasteiger charge is 2.14. The van der Waals surface area contributed by atoms with Gasteiger partial charge in [-0.15, -0.1) is 0 Å². The summed E-state index contributed by atoms with van der Waals surface area (Å²) in [5, 5.41) is 0. The van der Waals surface area contributed by atoms with Gasteiger partial charge in [0.25, 0.3) is 0 Å². The molecule has 3 nitrogen and oxygen atoms in total. The molecule has 0 unspecified atom stereocenters. The summed E-state index contributed by atoms with van der Waals surface area (Å²) in [5.41, 5.74) is 2.55. The minimum absolute atomic E-state index is 0.0653. The van der Waals surface area contributed by atoms with Gasteiger partial charge in [0.15, 0.2) is 0 Å². The molecule has 0 radical (unpaired) electrons. The summed E-state index contributed by atoms with van der Waals surface area (Å²) in [6.07, 6.45) is 3.92. The Balaban J connectivity index is 1.68. The van der Waals surface area contributed by atoms with Crippen molar-refractivity contribution in [3.63, 3.8) is 0 Å². The molecule has 1 fully saturated rings. The molecule has 1 saturated heterocycles. The molecule has 1 N–H and O–H groups in total. The highest BCUT2D eigenvalue weighted by molar-refractivity contribution is 6.07. The van der Waals surface area contributed by atoms with Gasteiger partial charge >= 0.3 is 0 Å². The molecule has 0 aliphatic carbocycles. The number of carbonyl (C=O) groups is 1. The van der Waals surface area contributed by atoms with E-state index in [0.717, 1.165) is 17.8 Å². The average Bonchev–Trinajstić information content (AvgIpc) is 2.97. The number of ketones is 1. The number of hydrogen-bond acceptors (Lipinski definition) is 2. The first-order chi connectivity index (χ1) is 9.83. The summed E-state index contributed by atoms with van der Waals surface area (Å²) >= 11 is 0. The van der Waals surface area contributed by atoms with Gasteiger partial charge in [-0.05, 0) is 38.1 Å². The fourth-order valence-electron chi connectivity index (χ4n) is 2.77. The second-order valence-corrected chi connectivity index (χ2v) is 5.43. The highest BCUT2D eigenvalue weighted by Crippen LogP contribution is 2.14. The zero-order valence-electron chi connectivity index (χ0n) is 11.6. The van der Waals surface area contributed by atoms with Crippen LogP contribution in [-0.2, 0) is 6.54 Å². The third kappa shape index (κ3) is 2.99. The number of piperidine rings is 1. The number of benzene rings is 1.